The molecular weight excluding hydrogens is 308 g/mol. The molecule has 3 aliphatic rings. The van der Waals surface area contributed by atoms with E-state index in [1.807, 2.05) is 0 Å². The molecule has 4 rings (SSSR count). The fraction of sp³-hybridized carbons (Fsp3) is 0.739. The van der Waals surface area contributed by atoms with E-state index in [4.69, 9.17) is 9.47 Å². The first-order valence-corrected chi connectivity index (χ1v) is 10.6. The van der Waals surface area contributed by atoms with Crippen molar-refractivity contribution < 1.29 is 9.47 Å². The second-order valence-corrected chi connectivity index (χ2v) is 8.95. The summed E-state index contributed by atoms with van der Waals surface area (Å²) in [6, 6.07) is 8.60. The van der Waals surface area contributed by atoms with Gasteiger partial charge in [0.15, 0.2) is 0 Å². The molecule has 0 amide bonds. The molecule has 2 heteroatoms. The molecule has 0 heterocycles. The van der Waals surface area contributed by atoms with E-state index >= 15 is 0 Å². The van der Waals surface area contributed by atoms with Crippen molar-refractivity contribution in [1.82, 2.24) is 0 Å². The molecule has 6 atom stereocenters. The fourth-order valence-electron chi connectivity index (χ4n) is 5.81. The molecule has 0 radical (unpaired) electrons. The van der Waals surface area contributed by atoms with Crippen molar-refractivity contribution in [3.05, 3.63) is 29.8 Å². The van der Waals surface area contributed by atoms with Gasteiger partial charge in [-0.2, -0.15) is 0 Å². The zero-order chi connectivity index (χ0) is 17.4. The number of hydrogen-bond acceptors (Lipinski definition) is 2. The van der Waals surface area contributed by atoms with E-state index in [0.29, 0.717) is 12.0 Å². The summed E-state index contributed by atoms with van der Waals surface area (Å²) in [5, 5.41) is 0. The molecule has 138 valence electrons. The van der Waals surface area contributed by atoms with Crippen molar-refractivity contribution >= 4 is 0 Å². The van der Waals surface area contributed by atoms with Gasteiger partial charge >= 0.3 is 0 Å². The van der Waals surface area contributed by atoms with Crippen LogP contribution in [-0.2, 0) is 11.2 Å². The average molecular weight is 343 g/mol. The fourth-order valence-corrected chi connectivity index (χ4v) is 5.81. The van der Waals surface area contributed by atoms with Gasteiger partial charge < -0.3 is 9.47 Å². The van der Waals surface area contributed by atoms with E-state index in [1.165, 1.54) is 44.1 Å². The Labute approximate surface area is 153 Å². The van der Waals surface area contributed by atoms with Crippen molar-refractivity contribution in [2.45, 2.75) is 78.1 Å². The summed E-state index contributed by atoms with van der Waals surface area (Å²) in [6.07, 6.45) is 9.68. The highest BCUT2D eigenvalue weighted by Gasteiger charge is 2.54. The summed E-state index contributed by atoms with van der Waals surface area (Å²) in [5.41, 5.74) is 1.39. The van der Waals surface area contributed by atoms with E-state index in [0.717, 1.165) is 35.8 Å². The molecule has 2 bridgehead atoms. The van der Waals surface area contributed by atoms with Crippen LogP contribution < -0.4 is 4.74 Å². The van der Waals surface area contributed by atoms with Crippen LogP contribution in [0, 0.1) is 29.6 Å². The Morgan fingerprint density at radius 2 is 1.76 bits per heavy atom. The van der Waals surface area contributed by atoms with Crippen molar-refractivity contribution in [3.8, 4) is 5.75 Å². The maximum Gasteiger partial charge on any atom is 0.202 e. The maximum atomic E-state index is 6.57. The molecule has 0 aromatic heterocycles. The molecule has 0 aliphatic heterocycles. The quantitative estimate of drug-likeness (QED) is 0.579. The molecule has 25 heavy (non-hydrogen) atoms. The third-order valence-electron chi connectivity index (χ3n) is 6.94. The molecule has 1 aromatic carbocycles. The average Bonchev–Trinajstić information content (AvgIpc) is 3.29. The first-order chi connectivity index (χ1) is 12.2. The Morgan fingerprint density at radius 1 is 1.00 bits per heavy atom. The lowest BCUT2D eigenvalue weighted by atomic mass is 9.80. The zero-order valence-corrected chi connectivity index (χ0v) is 16.1. The summed E-state index contributed by atoms with van der Waals surface area (Å²) in [6.45, 7) is 6.64. The molecule has 6 unspecified atom stereocenters. The third-order valence-corrected chi connectivity index (χ3v) is 6.94. The first-order valence-electron chi connectivity index (χ1n) is 10.6. The Morgan fingerprint density at radius 3 is 2.48 bits per heavy atom. The van der Waals surface area contributed by atoms with Crippen LogP contribution >= 0.6 is 0 Å². The van der Waals surface area contributed by atoms with Crippen molar-refractivity contribution in [3.63, 3.8) is 0 Å². The van der Waals surface area contributed by atoms with Crippen LogP contribution in [0.15, 0.2) is 24.3 Å². The lowest BCUT2D eigenvalue weighted by molar-refractivity contribution is -0.162. The van der Waals surface area contributed by atoms with Crippen LogP contribution in [0.3, 0.4) is 0 Å². The minimum absolute atomic E-state index is 0.124. The molecule has 0 saturated heterocycles. The van der Waals surface area contributed by atoms with Gasteiger partial charge in [-0.1, -0.05) is 45.7 Å². The van der Waals surface area contributed by atoms with Gasteiger partial charge in [0.1, 0.15) is 5.75 Å². The van der Waals surface area contributed by atoms with Gasteiger partial charge in [-0.15, -0.1) is 0 Å². The van der Waals surface area contributed by atoms with Crippen LogP contribution in [0.4, 0.5) is 0 Å². The van der Waals surface area contributed by atoms with Crippen molar-refractivity contribution in [2.75, 3.05) is 0 Å². The normalized spacial score (nSPS) is 34.5. The van der Waals surface area contributed by atoms with Gasteiger partial charge in [-0.05, 0) is 73.5 Å². The Bertz CT molecular complexity index is 564. The van der Waals surface area contributed by atoms with Crippen LogP contribution in [0.25, 0.3) is 0 Å². The van der Waals surface area contributed by atoms with Crippen LogP contribution in [0.1, 0.15) is 64.9 Å². The van der Waals surface area contributed by atoms with E-state index in [2.05, 4.69) is 45.0 Å². The molecule has 1 aromatic rings. The van der Waals surface area contributed by atoms with E-state index in [1.54, 1.807) is 0 Å². The SMILES string of the molecule is CCCc1ccc(OC(OC2CC3CC2C2CCCC32)C(C)C)cc1. The second-order valence-electron chi connectivity index (χ2n) is 8.95. The van der Waals surface area contributed by atoms with E-state index in [-0.39, 0.29) is 6.29 Å². The molecule has 0 N–H and O–H groups in total. The second kappa shape index (κ2) is 7.31. The zero-order valence-electron chi connectivity index (χ0n) is 16.1. The molecule has 0 spiro atoms. The Hall–Kier alpha value is -1.02. The van der Waals surface area contributed by atoms with Gasteiger partial charge in [-0.3, -0.25) is 0 Å². The number of benzene rings is 1. The number of hydrogen-bond donors (Lipinski definition) is 0. The minimum atomic E-state index is -0.124. The number of aryl methyl sites for hydroxylation is 1. The molecule has 3 saturated carbocycles. The highest BCUT2D eigenvalue weighted by Crippen LogP contribution is 2.59. The topological polar surface area (TPSA) is 18.5 Å². The molecule has 3 fully saturated rings. The monoisotopic (exact) mass is 342 g/mol. The molecule has 2 nitrogen and oxygen atoms in total. The summed E-state index contributed by atoms with van der Waals surface area (Å²) in [7, 11) is 0. The van der Waals surface area contributed by atoms with Gasteiger partial charge in [0.05, 0.1) is 6.10 Å². The number of rotatable bonds is 7. The smallest absolute Gasteiger partial charge is 0.202 e. The predicted octanol–water partition coefficient (Wildman–Crippen LogP) is 5.84. The lowest BCUT2D eigenvalue weighted by Crippen LogP contribution is -2.37. The van der Waals surface area contributed by atoms with Gasteiger partial charge in [0, 0.05) is 5.92 Å². The molecular formula is C23H34O2. The number of ether oxygens (including phenoxy) is 2. The van der Waals surface area contributed by atoms with Crippen LogP contribution in [0.2, 0.25) is 0 Å². The van der Waals surface area contributed by atoms with Crippen molar-refractivity contribution in [1.29, 1.82) is 0 Å². The van der Waals surface area contributed by atoms with E-state index < -0.39 is 0 Å². The summed E-state index contributed by atoms with van der Waals surface area (Å²) >= 11 is 0. The predicted molar refractivity (Wildman–Crippen MR) is 102 cm³/mol. The van der Waals surface area contributed by atoms with Crippen LogP contribution in [-0.4, -0.2) is 12.4 Å². The van der Waals surface area contributed by atoms with Gasteiger partial charge in [-0.25, -0.2) is 0 Å². The number of fused-ring (bicyclic) bond motifs is 5. The highest BCUT2D eigenvalue weighted by atomic mass is 16.7. The third kappa shape index (κ3) is 3.47. The maximum absolute atomic E-state index is 6.57. The minimum Gasteiger partial charge on any atom is -0.465 e. The summed E-state index contributed by atoms with van der Waals surface area (Å²) in [4.78, 5) is 0. The Balaban J connectivity index is 1.39. The summed E-state index contributed by atoms with van der Waals surface area (Å²) in [5.74, 6) is 5.02. The Kier molecular flexibility index (Phi) is 5.08. The van der Waals surface area contributed by atoms with Crippen LogP contribution in [0.5, 0.6) is 5.75 Å². The first kappa shape index (κ1) is 17.4. The summed E-state index contributed by atoms with van der Waals surface area (Å²) < 4.78 is 12.8. The highest BCUT2D eigenvalue weighted by molar-refractivity contribution is 5.27. The van der Waals surface area contributed by atoms with E-state index in [9.17, 15) is 0 Å². The van der Waals surface area contributed by atoms with Crippen molar-refractivity contribution in [2.24, 2.45) is 29.6 Å². The largest absolute Gasteiger partial charge is 0.465 e. The van der Waals surface area contributed by atoms with Gasteiger partial charge in [0.25, 0.3) is 0 Å². The standard InChI is InChI=1S/C23H34O2/c1-4-6-16-9-11-18(12-10-16)24-23(15(2)3)25-22-14-17-13-21(22)20-8-5-7-19(17)20/h9-12,15,17,19-23H,4-8,13-14H2,1-3H3. The lowest BCUT2D eigenvalue weighted by Gasteiger charge is -2.35. The van der Waals surface area contributed by atoms with Gasteiger partial charge in [0.2, 0.25) is 6.29 Å². The molecule has 3 aliphatic carbocycles.